The first kappa shape index (κ1) is 42.3. The molecule has 0 spiro atoms. The van der Waals surface area contributed by atoms with Crippen LogP contribution >= 0.6 is 0 Å². The van der Waals surface area contributed by atoms with E-state index in [4.69, 9.17) is 15.3 Å². The quantitative estimate of drug-likeness (QED) is 0.0544. The summed E-state index contributed by atoms with van der Waals surface area (Å²) in [6.07, 6.45) is 42.1. The summed E-state index contributed by atoms with van der Waals surface area (Å²) in [5.74, 6) is -0.653. The standard InChI is InChI=1S/C19H38O2.C18H36O2/c1-2-3-4-5-6-7-8-9-10-11-12-13-14-15-16-17-19(21)18-20;1-2-3-4-5-6-7-8-9-10-11-12-13-14-15-16-17-18(19)20/h15-16,19-21H,2-14,17-18H2,1H3;2-17H2,1H3,(H,19,20). The lowest BCUT2D eigenvalue weighted by Crippen LogP contribution is -2.09. The first-order valence-electron chi connectivity index (χ1n) is 18.2. The number of carboxylic acids is 1. The van der Waals surface area contributed by atoms with Crippen LogP contribution in [-0.2, 0) is 4.79 Å². The summed E-state index contributed by atoms with van der Waals surface area (Å²) in [7, 11) is 0. The van der Waals surface area contributed by atoms with Crippen molar-refractivity contribution < 1.29 is 20.1 Å². The summed E-state index contributed by atoms with van der Waals surface area (Å²) in [6.45, 7) is 4.41. The van der Waals surface area contributed by atoms with Gasteiger partial charge in [0.15, 0.2) is 0 Å². The van der Waals surface area contributed by atoms with Gasteiger partial charge >= 0.3 is 5.97 Å². The number of rotatable bonds is 32. The van der Waals surface area contributed by atoms with Crippen LogP contribution in [0.5, 0.6) is 0 Å². The molecule has 0 aromatic heterocycles. The lowest BCUT2D eigenvalue weighted by atomic mass is 10.0. The summed E-state index contributed by atoms with van der Waals surface area (Å²) < 4.78 is 0. The molecule has 0 aromatic carbocycles. The average molecular weight is 583 g/mol. The van der Waals surface area contributed by atoms with Crippen LogP contribution in [0.3, 0.4) is 0 Å². The van der Waals surface area contributed by atoms with Crippen molar-refractivity contribution in [3.63, 3.8) is 0 Å². The zero-order valence-corrected chi connectivity index (χ0v) is 27.9. The summed E-state index contributed by atoms with van der Waals surface area (Å²) >= 11 is 0. The predicted octanol–water partition coefficient (Wildman–Crippen LogP) is 11.7. The van der Waals surface area contributed by atoms with Gasteiger partial charge in [0.05, 0.1) is 12.7 Å². The Morgan fingerprint density at radius 3 is 1.15 bits per heavy atom. The Balaban J connectivity index is 0. The van der Waals surface area contributed by atoms with E-state index in [9.17, 15) is 4.79 Å². The van der Waals surface area contributed by atoms with Gasteiger partial charge in [0.2, 0.25) is 0 Å². The number of aliphatic carboxylic acids is 1. The molecule has 0 saturated carbocycles. The number of carbonyl (C=O) groups is 1. The summed E-state index contributed by atoms with van der Waals surface area (Å²) in [6, 6.07) is 0. The molecular weight excluding hydrogens is 508 g/mol. The highest BCUT2D eigenvalue weighted by Gasteiger charge is 1.98. The molecule has 0 fully saturated rings. The fourth-order valence-corrected chi connectivity index (χ4v) is 5.20. The van der Waals surface area contributed by atoms with Gasteiger partial charge < -0.3 is 15.3 Å². The van der Waals surface area contributed by atoms with Crippen molar-refractivity contribution in [2.24, 2.45) is 0 Å². The average Bonchev–Trinajstić information content (AvgIpc) is 2.97. The van der Waals surface area contributed by atoms with E-state index >= 15 is 0 Å². The topological polar surface area (TPSA) is 77.8 Å². The van der Waals surface area contributed by atoms with Gasteiger partial charge in [-0.15, -0.1) is 0 Å². The smallest absolute Gasteiger partial charge is 0.303 e. The molecule has 0 aliphatic carbocycles. The number of allylic oxidation sites excluding steroid dienone is 1. The molecule has 0 aromatic rings. The van der Waals surface area contributed by atoms with E-state index in [2.05, 4.69) is 19.9 Å². The number of aliphatic hydroxyl groups excluding tert-OH is 2. The van der Waals surface area contributed by atoms with Crippen molar-refractivity contribution in [2.45, 2.75) is 213 Å². The van der Waals surface area contributed by atoms with Crippen LogP contribution in [0.1, 0.15) is 206 Å². The number of unbranched alkanes of at least 4 members (excludes halogenated alkanes) is 26. The van der Waals surface area contributed by atoms with E-state index in [0.717, 1.165) is 19.3 Å². The van der Waals surface area contributed by atoms with Gasteiger partial charge in [-0.1, -0.05) is 187 Å². The fourth-order valence-electron chi connectivity index (χ4n) is 5.20. The molecule has 3 N–H and O–H groups in total. The normalized spacial score (nSPS) is 12.0. The Bertz CT molecular complexity index is 505. The minimum absolute atomic E-state index is 0.136. The fraction of sp³-hybridized carbons (Fsp3) is 0.919. The van der Waals surface area contributed by atoms with Gasteiger partial charge in [-0.05, 0) is 25.7 Å². The number of aliphatic hydroxyl groups is 2. The van der Waals surface area contributed by atoms with Gasteiger partial charge in [0.1, 0.15) is 0 Å². The summed E-state index contributed by atoms with van der Waals surface area (Å²) in [5, 5.41) is 26.3. The highest BCUT2D eigenvalue weighted by Crippen LogP contribution is 2.14. The molecule has 0 radical (unpaired) electrons. The van der Waals surface area contributed by atoms with E-state index in [1.807, 2.05) is 6.08 Å². The van der Waals surface area contributed by atoms with Gasteiger partial charge in [0, 0.05) is 6.42 Å². The van der Waals surface area contributed by atoms with E-state index in [-0.39, 0.29) is 6.61 Å². The van der Waals surface area contributed by atoms with Crippen molar-refractivity contribution >= 4 is 5.97 Å². The molecule has 0 rings (SSSR count). The molecular formula is C37H74O4. The zero-order chi connectivity index (χ0) is 30.5. The van der Waals surface area contributed by atoms with E-state index in [0.29, 0.717) is 12.8 Å². The minimum atomic E-state index is -0.653. The monoisotopic (exact) mass is 583 g/mol. The lowest BCUT2D eigenvalue weighted by molar-refractivity contribution is -0.137. The molecule has 4 nitrogen and oxygen atoms in total. The Morgan fingerprint density at radius 1 is 0.512 bits per heavy atom. The molecule has 0 bridgehead atoms. The first-order valence-corrected chi connectivity index (χ1v) is 18.2. The molecule has 0 amide bonds. The van der Waals surface area contributed by atoms with Crippen molar-refractivity contribution in [1.82, 2.24) is 0 Å². The maximum absolute atomic E-state index is 10.3. The molecule has 1 atom stereocenters. The number of hydrogen-bond donors (Lipinski definition) is 3. The molecule has 4 heteroatoms. The highest BCUT2D eigenvalue weighted by molar-refractivity contribution is 5.66. The van der Waals surface area contributed by atoms with E-state index in [1.54, 1.807) is 0 Å². The van der Waals surface area contributed by atoms with Crippen molar-refractivity contribution in [3.05, 3.63) is 12.2 Å². The van der Waals surface area contributed by atoms with Crippen LogP contribution in [0.2, 0.25) is 0 Å². The highest BCUT2D eigenvalue weighted by atomic mass is 16.4. The number of carboxylic acid groups (broad SMARTS) is 1. The third kappa shape index (κ3) is 43.7. The molecule has 246 valence electrons. The molecule has 0 aliphatic heterocycles. The van der Waals surface area contributed by atoms with E-state index in [1.165, 1.54) is 161 Å². The van der Waals surface area contributed by atoms with Crippen LogP contribution in [-0.4, -0.2) is 34.0 Å². The van der Waals surface area contributed by atoms with Gasteiger partial charge in [-0.2, -0.15) is 0 Å². The van der Waals surface area contributed by atoms with Gasteiger partial charge in [-0.3, -0.25) is 4.79 Å². The lowest BCUT2D eigenvalue weighted by Gasteiger charge is -2.03. The SMILES string of the molecule is CCCCCCCCCCCCCCC=CCC(O)CO.CCCCCCCCCCCCCCCCCC(=O)O. The predicted molar refractivity (Wildman–Crippen MR) is 180 cm³/mol. The van der Waals surface area contributed by atoms with Gasteiger partial charge in [-0.25, -0.2) is 0 Å². The van der Waals surface area contributed by atoms with Crippen LogP contribution < -0.4 is 0 Å². The molecule has 0 saturated heterocycles. The summed E-state index contributed by atoms with van der Waals surface area (Å²) in [5.41, 5.74) is 0. The molecule has 0 heterocycles. The van der Waals surface area contributed by atoms with Crippen LogP contribution in [0, 0.1) is 0 Å². The second-order valence-electron chi connectivity index (χ2n) is 12.3. The molecule has 1 unspecified atom stereocenters. The van der Waals surface area contributed by atoms with Crippen LogP contribution in [0.25, 0.3) is 0 Å². The maximum Gasteiger partial charge on any atom is 0.303 e. The van der Waals surface area contributed by atoms with E-state index < -0.39 is 12.1 Å². The van der Waals surface area contributed by atoms with Crippen molar-refractivity contribution in [1.29, 1.82) is 0 Å². The Labute approximate surface area is 257 Å². The second kappa shape index (κ2) is 39.1. The molecule has 41 heavy (non-hydrogen) atoms. The van der Waals surface area contributed by atoms with Crippen molar-refractivity contribution in [2.75, 3.05) is 6.61 Å². The van der Waals surface area contributed by atoms with Crippen molar-refractivity contribution in [3.8, 4) is 0 Å². The minimum Gasteiger partial charge on any atom is -0.481 e. The third-order valence-electron chi connectivity index (χ3n) is 8.00. The van der Waals surface area contributed by atoms with Crippen LogP contribution in [0.15, 0.2) is 12.2 Å². The number of hydrogen-bond acceptors (Lipinski definition) is 3. The Hall–Kier alpha value is -0.870. The third-order valence-corrected chi connectivity index (χ3v) is 8.00. The summed E-state index contributed by atoms with van der Waals surface area (Å²) in [4.78, 5) is 10.3. The zero-order valence-electron chi connectivity index (χ0n) is 27.9. The Kier molecular flexibility index (Phi) is 40.3. The Morgan fingerprint density at radius 2 is 0.829 bits per heavy atom. The van der Waals surface area contributed by atoms with Gasteiger partial charge in [0.25, 0.3) is 0 Å². The largest absolute Gasteiger partial charge is 0.481 e. The maximum atomic E-state index is 10.3. The second-order valence-corrected chi connectivity index (χ2v) is 12.3. The first-order chi connectivity index (χ1) is 20.1. The van der Waals surface area contributed by atoms with Crippen LogP contribution in [0.4, 0.5) is 0 Å². The molecule has 0 aliphatic rings.